The molecule has 0 aliphatic carbocycles. The Balaban J connectivity index is 1.79. The molecule has 0 radical (unpaired) electrons. The summed E-state index contributed by atoms with van der Waals surface area (Å²) in [5.74, 6) is 0.649. The van der Waals surface area contributed by atoms with Crippen molar-refractivity contribution in [1.29, 1.82) is 0 Å². The fourth-order valence-corrected chi connectivity index (χ4v) is 3.24. The van der Waals surface area contributed by atoms with E-state index < -0.39 is 0 Å². The maximum Gasteiger partial charge on any atom is 0.254 e. The standard InChI is InChI=1S/C21H18Cl3N3O/c1-2-10-27(21(28)16-4-6-17(22)7-5-16)14-20-25-9-11-26(20)13-15-3-8-18(23)19(24)12-15/h2-9,11-12H,1,10,13-14H2. The molecule has 1 aromatic heterocycles. The Bertz CT molecular complexity index is 983. The summed E-state index contributed by atoms with van der Waals surface area (Å²) < 4.78 is 1.98. The summed E-state index contributed by atoms with van der Waals surface area (Å²) in [6.45, 7) is 5.08. The number of carbonyl (C=O) groups is 1. The van der Waals surface area contributed by atoms with Gasteiger partial charge in [-0.15, -0.1) is 6.58 Å². The molecule has 0 saturated heterocycles. The summed E-state index contributed by atoms with van der Waals surface area (Å²) in [7, 11) is 0. The first-order valence-electron chi connectivity index (χ1n) is 8.57. The van der Waals surface area contributed by atoms with E-state index in [0.29, 0.717) is 40.3 Å². The van der Waals surface area contributed by atoms with Crippen LogP contribution in [0.1, 0.15) is 21.7 Å². The Morgan fingerprint density at radius 2 is 1.86 bits per heavy atom. The number of hydrogen-bond acceptors (Lipinski definition) is 2. The van der Waals surface area contributed by atoms with E-state index in [0.717, 1.165) is 11.4 Å². The molecule has 1 amide bonds. The zero-order valence-corrected chi connectivity index (χ0v) is 17.3. The Labute approximate surface area is 179 Å². The number of halogens is 3. The normalized spacial score (nSPS) is 10.7. The van der Waals surface area contributed by atoms with E-state index in [4.69, 9.17) is 34.8 Å². The molecule has 28 heavy (non-hydrogen) atoms. The van der Waals surface area contributed by atoms with Gasteiger partial charge in [0.25, 0.3) is 5.91 Å². The van der Waals surface area contributed by atoms with E-state index in [2.05, 4.69) is 11.6 Å². The number of amides is 1. The molecule has 3 rings (SSSR count). The molecular formula is C21H18Cl3N3O. The number of nitrogens with zero attached hydrogens (tertiary/aromatic N) is 3. The van der Waals surface area contributed by atoms with Crippen molar-refractivity contribution in [3.63, 3.8) is 0 Å². The average Bonchev–Trinajstić information content (AvgIpc) is 3.11. The third-order valence-corrected chi connectivity index (χ3v) is 5.19. The van der Waals surface area contributed by atoms with Gasteiger partial charge in [-0.3, -0.25) is 4.79 Å². The van der Waals surface area contributed by atoms with Gasteiger partial charge >= 0.3 is 0 Å². The van der Waals surface area contributed by atoms with Crippen LogP contribution in [0.15, 0.2) is 67.5 Å². The highest BCUT2D eigenvalue weighted by molar-refractivity contribution is 6.42. The smallest absolute Gasteiger partial charge is 0.254 e. The third-order valence-electron chi connectivity index (χ3n) is 4.20. The highest BCUT2D eigenvalue weighted by Gasteiger charge is 2.17. The summed E-state index contributed by atoms with van der Waals surface area (Å²) in [6.07, 6.45) is 5.28. The topological polar surface area (TPSA) is 38.1 Å². The molecule has 0 saturated carbocycles. The van der Waals surface area contributed by atoms with Crippen LogP contribution >= 0.6 is 34.8 Å². The van der Waals surface area contributed by atoms with Crippen molar-refractivity contribution < 1.29 is 4.79 Å². The van der Waals surface area contributed by atoms with Crippen molar-refractivity contribution in [3.05, 3.63) is 99.5 Å². The van der Waals surface area contributed by atoms with Crippen LogP contribution in [0.5, 0.6) is 0 Å². The van der Waals surface area contributed by atoms with Gasteiger partial charge < -0.3 is 9.47 Å². The molecule has 4 nitrogen and oxygen atoms in total. The number of imidazole rings is 1. The Morgan fingerprint density at radius 1 is 1.11 bits per heavy atom. The van der Waals surface area contributed by atoms with E-state index >= 15 is 0 Å². The van der Waals surface area contributed by atoms with E-state index in [1.54, 1.807) is 47.5 Å². The quantitative estimate of drug-likeness (QED) is 0.446. The fraction of sp³-hybridized carbons (Fsp3) is 0.143. The van der Waals surface area contributed by atoms with Gasteiger partial charge in [-0.1, -0.05) is 46.9 Å². The Kier molecular flexibility index (Phi) is 6.79. The van der Waals surface area contributed by atoms with Crippen molar-refractivity contribution in [2.24, 2.45) is 0 Å². The van der Waals surface area contributed by atoms with Crippen molar-refractivity contribution >= 4 is 40.7 Å². The van der Waals surface area contributed by atoms with Crippen LogP contribution in [0.25, 0.3) is 0 Å². The van der Waals surface area contributed by atoms with Crippen molar-refractivity contribution in [3.8, 4) is 0 Å². The van der Waals surface area contributed by atoms with E-state index in [1.807, 2.05) is 22.9 Å². The molecule has 1 heterocycles. The van der Waals surface area contributed by atoms with Gasteiger partial charge in [0, 0.05) is 36.1 Å². The van der Waals surface area contributed by atoms with Crippen LogP contribution in [0, 0.1) is 0 Å². The first-order valence-corrected chi connectivity index (χ1v) is 9.71. The van der Waals surface area contributed by atoms with Crippen LogP contribution < -0.4 is 0 Å². The lowest BCUT2D eigenvalue weighted by Gasteiger charge is -2.21. The second kappa shape index (κ2) is 9.28. The van der Waals surface area contributed by atoms with E-state index in [-0.39, 0.29) is 5.91 Å². The molecule has 0 aliphatic rings. The maximum atomic E-state index is 12.9. The lowest BCUT2D eigenvalue weighted by Crippen LogP contribution is -2.32. The summed E-state index contributed by atoms with van der Waals surface area (Å²) in [6, 6.07) is 12.3. The molecular weight excluding hydrogens is 417 g/mol. The summed E-state index contributed by atoms with van der Waals surface area (Å²) in [5, 5.41) is 1.61. The molecule has 7 heteroatoms. The summed E-state index contributed by atoms with van der Waals surface area (Å²) in [4.78, 5) is 19.0. The minimum absolute atomic E-state index is 0.111. The van der Waals surface area contributed by atoms with Gasteiger partial charge in [-0.05, 0) is 42.0 Å². The number of rotatable bonds is 7. The molecule has 2 aromatic carbocycles. The van der Waals surface area contributed by atoms with Crippen molar-refractivity contribution in [2.45, 2.75) is 13.1 Å². The Hall–Kier alpha value is -2.27. The molecule has 0 aliphatic heterocycles. The fourth-order valence-electron chi connectivity index (χ4n) is 2.79. The highest BCUT2D eigenvalue weighted by Crippen LogP contribution is 2.23. The van der Waals surface area contributed by atoms with E-state index in [9.17, 15) is 4.79 Å². The molecule has 3 aromatic rings. The van der Waals surface area contributed by atoms with Gasteiger partial charge in [0.2, 0.25) is 0 Å². The monoisotopic (exact) mass is 433 g/mol. The number of carbonyl (C=O) groups excluding carboxylic acids is 1. The van der Waals surface area contributed by atoms with Crippen LogP contribution in [0.2, 0.25) is 15.1 Å². The Morgan fingerprint density at radius 3 is 2.54 bits per heavy atom. The minimum atomic E-state index is -0.111. The molecule has 0 N–H and O–H groups in total. The van der Waals surface area contributed by atoms with Crippen molar-refractivity contribution in [1.82, 2.24) is 14.5 Å². The number of benzene rings is 2. The van der Waals surface area contributed by atoms with Gasteiger partial charge in [0.15, 0.2) is 0 Å². The molecule has 0 spiro atoms. The summed E-state index contributed by atoms with van der Waals surface area (Å²) in [5.41, 5.74) is 1.56. The molecule has 0 atom stereocenters. The minimum Gasteiger partial charge on any atom is -0.329 e. The van der Waals surface area contributed by atoms with Crippen LogP contribution in [0.4, 0.5) is 0 Å². The third kappa shape index (κ3) is 4.96. The SMILES string of the molecule is C=CCN(Cc1nccn1Cc1ccc(Cl)c(Cl)c1)C(=O)c1ccc(Cl)cc1. The lowest BCUT2D eigenvalue weighted by atomic mass is 10.2. The van der Waals surface area contributed by atoms with Crippen LogP contribution in [-0.4, -0.2) is 26.9 Å². The first kappa shape index (κ1) is 20.5. The van der Waals surface area contributed by atoms with Gasteiger partial charge in [-0.2, -0.15) is 0 Å². The van der Waals surface area contributed by atoms with Gasteiger partial charge in [-0.25, -0.2) is 4.98 Å². The second-order valence-electron chi connectivity index (χ2n) is 6.20. The number of hydrogen-bond donors (Lipinski definition) is 0. The zero-order chi connectivity index (χ0) is 20.1. The second-order valence-corrected chi connectivity index (χ2v) is 7.45. The van der Waals surface area contributed by atoms with Gasteiger partial charge in [0.1, 0.15) is 5.82 Å². The largest absolute Gasteiger partial charge is 0.329 e. The molecule has 144 valence electrons. The molecule has 0 unspecified atom stereocenters. The van der Waals surface area contributed by atoms with Crippen LogP contribution in [0.3, 0.4) is 0 Å². The highest BCUT2D eigenvalue weighted by atomic mass is 35.5. The summed E-state index contributed by atoms with van der Waals surface area (Å²) >= 11 is 18.0. The maximum absolute atomic E-state index is 12.9. The zero-order valence-electron chi connectivity index (χ0n) is 15.0. The van der Waals surface area contributed by atoms with Crippen LogP contribution in [-0.2, 0) is 13.1 Å². The molecule has 0 bridgehead atoms. The predicted octanol–water partition coefficient (Wildman–Crippen LogP) is 5.72. The average molecular weight is 435 g/mol. The number of aromatic nitrogens is 2. The van der Waals surface area contributed by atoms with Crippen molar-refractivity contribution in [2.75, 3.05) is 6.54 Å². The predicted molar refractivity (Wildman–Crippen MR) is 114 cm³/mol. The first-order chi connectivity index (χ1) is 13.5. The lowest BCUT2D eigenvalue weighted by molar-refractivity contribution is 0.0757. The van der Waals surface area contributed by atoms with E-state index in [1.165, 1.54) is 0 Å². The molecule has 0 fully saturated rings. The van der Waals surface area contributed by atoms with Gasteiger partial charge in [0.05, 0.1) is 16.6 Å².